The molecule has 0 atom stereocenters. The van der Waals surface area contributed by atoms with Crippen LogP contribution in [-0.4, -0.2) is 33.5 Å². The van der Waals surface area contributed by atoms with E-state index in [0.717, 1.165) is 17.7 Å². The fraction of sp³-hybridized carbons (Fsp3) is 0.231. The van der Waals surface area contributed by atoms with Crippen LogP contribution >= 0.6 is 0 Å². The number of aromatic nitrogens is 3. The highest BCUT2D eigenvalue weighted by Crippen LogP contribution is 2.30. The summed E-state index contributed by atoms with van der Waals surface area (Å²) in [6.07, 6.45) is 0.772. The zero-order valence-corrected chi connectivity index (χ0v) is 11.4. The highest BCUT2D eigenvalue weighted by Gasteiger charge is 2.22. The Balaban J connectivity index is 1.79. The Labute approximate surface area is 120 Å². The molecule has 1 aromatic carbocycles. The van der Waals surface area contributed by atoms with Crippen molar-refractivity contribution in [2.75, 3.05) is 22.5 Å². The molecule has 0 fully saturated rings. The highest BCUT2D eigenvalue weighted by atomic mass is 16.2. The van der Waals surface area contributed by atoms with E-state index in [9.17, 15) is 9.59 Å². The summed E-state index contributed by atoms with van der Waals surface area (Å²) in [5, 5.41) is 8.77. The van der Waals surface area contributed by atoms with E-state index in [-0.39, 0.29) is 17.7 Å². The Morgan fingerprint density at radius 1 is 1.43 bits per heavy atom. The Bertz CT molecular complexity index is 723. The van der Waals surface area contributed by atoms with Crippen LogP contribution in [-0.2, 0) is 11.2 Å². The molecule has 108 valence electrons. The molecule has 2 amide bonds. The van der Waals surface area contributed by atoms with Crippen molar-refractivity contribution < 1.29 is 9.59 Å². The molecular weight excluding hydrogens is 272 g/mol. The number of hydrogen-bond donors (Lipinski definition) is 3. The van der Waals surface area contributed by atoms with Crippen molar-refractivity contribution in [1.29, 1.82) is 0 Å². The molecule has 4 N–H and O–H groups in total. The van der Waals surface area contributed by atoms with Gasteiger partial charge in [-0.15, -0.1) is 5.10 Å². The number of aromatic amines is 1. The van der Waals surface area contributed by atoms with Gasteiger partial charge in [-0.05, 0) is 30.2 Å². The van der Waals surface area contributed by atoms with Gasteiger partial charge in [0.25, 0.3) is 5.91 Å². The molecule has 3 rings (SSSR count). The van der Waals surface area contributed by atoms with E-state index in [0.29, 0.717) is 12.2 Å². The summed E-state index contributed by atoms with van der Waals surface area (Å²) in [7, 11) is 0. The van der Waals surface area contributed by atoms with Gasteiger partial charge < -0.3 is 16.0 Å². The molecule has 21 heavy (non-hydrogen) atoms. The Morgan fingerprint density at radius 3 is 2.90 bits per heavy atom. The van der Waals surface area contributed by atoms with Crippen LogP contribution in [0.25, 0.3) is 0 Å². The molecule has 8 heteroatoms. The molecule has 0 saturated carbocycles. The molecule has 0 saturated heterocycles. The number of H-pyrrole nitrogens is 1. The lowest BCUT2D eigenvalue weighted by molar-refractivity contribution is -0.116. The Hall–Kier alpha value is -2.90. The number of amides is 2. The molecule has 2 heterocycles. The van der Waals surface area contributed by atoms with Gasteiger partial charge >= 0.3 is 0 Å². The molecule has 0 unspecified atom stereocenters. The zero-order chi connectivity index (χ0) is 15.0. The van der Waals surface area contributed by atoms with Crippen LogP contribution in [0.4, 0.5) is 17.3 Å². The van der Waals surface area contributed by atoms with Crippen LogP contribution in [0, 0.1) is 0 Å². The van der Waals surface area contributed by atoms with E-state index < -0.39 is 5.91 Å². The van der Waals surface area contributed by atoms with E-state index >= 15 is 0 Å². The molecule has 1 aliphatic heterocycles. The summed E-state index contributed by atoms with van der Waals surface area (Å²) in [5.74, 6) is -0.326. The van der Waals surface area contributed by atoms with Gasteiger partial charge in [-0.25, -0.2) is 0 Å². The minimum Gasteiger partial charge on any atom is -0.366 e. The van der Waals surface area contributed by atoms with Gasteiger partial charge in [0.2, 0.25) is 17.7 Å². The second-order valence-corrected chi connectivity index (χ2v) is 4.76. The zero-order valence-electron chi connectivity index (χ0n) is 11.4. The first kappa shape index (κ1) is 13.1. The monoisotopic (exact) mass is 286 g/mol. The van der Waals surface area contributed by atoms with Crippen molar-refractivity contribution in [3.63, 3.8) is 0 Å². The Morgan fingerprint density at radius 2 is 2.24 bits per heavy atom. The summed E-state index contributed by atoms with van der Waals surface area (Å²) in [5.41, 5.74) is 7.92. The summed E-state index contributed by atoms with van der Waals surface area (Å²) in [6.45, 7) is 2.21. The van der Waals surface area contributed by atoms with Crippen LogP contribution < -0.4 is 16.0 Å². The first-order valence-corrected chi connectivity index (χ1v) is 6.45. The molecule has 0 spiro atoms. The molecular formula is C13H14N6O2. The minimum absolute atomic E-state index is 0.0164. The SMILES string of the molecule is CC(=O)N1CCc2cc(NC(=O)c3nc(N)n[nH]3)ccc21. The third kappa shape index (κ3) is 2.42. The average Bonchev–Trinajstić information content (AvgIpc) is 3.04. The molecule has 8 nitrogen and oxygen atoms in total. The number of rotatable bonds is 2. The highest BCUT2D eigenvalue weighted by molar-refractivity contribution is 6.02. The number of fused-ring (bicyclic) bond motifs is 1. The van der Waals surface area contributed by atoms with Crippen molar-refractivity contribution in [3.05, 3.63) is 29.6 Å². The fourth-order valence-corrected chi connectivity index (χ4v) is 2.37. The van der Waals surface area contributed by atoms with E-state index in [1.807, 2.05) is 12.1 Å². The summed E-state index contributed by atoms with van der Waals surface area (Å²) in [6, 6.07) is 5.43. The Kier molecular flexibility index (Phi) is 3.05. The molecule has 1 aliphatic rings. The van der Waals surface area contributed by atoms with Gasteiger partial charge in [0, 0.05) is 24.8 Å². The van der Waals surface area contributed by atoms with Crippen molar-refractivity contribution in [3.8, 4) is 0 Å². The van der Waals surface area contributed by atoms with Crippen molar-refractivity contribution in [2.45, 2.75) is 13.3 Å². The molecule has 1 aromatic heterocycles. The van der Waals surface area contributed by atoms with Gasteiger partial charge in [-0.2, -0.15) is 4.98 Å². The summed E-state index contributed by atoms with van der Waals surface area (Å²) in [4.78, 5) is 28.9. The van der Waals surface area contributed by atoms with Crippen LogP contribution in [0.1, 0.15) is 23.1 Å². The molecule has 2 aromatic rings. The average molecular weight is 286 g/mol. The third-order valence-corrected chi connectivity index (χ3v) is 3.33. The largest absolute Gasteiger partial charge is 0.366 e. The van der Waals surface area contributed by atoms with E-state index in [2.05, 4.69) is 20.5 Å². The molecule has 0 radical (unpaired) electrons. The van der Waals surface area contributed by atoms with Gasteiger partial charge in [0.05, 0.1) is 0 Å². The number of carbonyl (C=O) groups excluding carboxylic acids is 2. The van der Waals surface area contributed by atoms with Gasteiger partial charge in [0.15, 0.2) is 0 Å². The maximum atomic E-state index is 11.9. The van der Waals surface area contributed by atoms with E-state index in [4.69, 9.17) is 5.73 Å². The quantitative estimate of drug-likeness (QED) is 0.745. The van der Waals surface area contributed by atoms with Crippen molar-refractivity contribution >= 4 is 29.1 Å². The number of nitrogen functional groups attached to an aromatic ring is 1. The number of carbonyl (C=O) groups is 2. The van der Waals surface area contributed by atoms with Gasteiger partial charge in [0.1, 0.15) is 0 Å². The topological polar surface area (TPSA) is 117 Å². The number of nitrogens with zero attached hydrogens (tertiary/aromatic N) is 3. The normalized spacial score (nSPS) is 13.1. The number of nitrogens with two attached hydrogens (primary N) is 1. The fourth-order valence-electron chi connectivity index (χ4n) is 2.37. The van der Waals surface area contributed by atoms with Gasteiger partial charge in [-0.3, -0.25) is 14.7 Å². The first-order valence-electron chi connectivity index (χ1n) is 6.45. The van der Waals surface area contributed by atoms with Crippen LogP contribution in [0.3, 0.4) is 0 Å². The lowest BCUT2D eigenvalue weighted by Crippen LogP contribution is -2.25. The number of hydrogen-bond acceptors (Lipinski definition) is 5. The lowest BCUT2D eigenvalue weighted by atomic mass is 10.1. The first-order chi connectivity index (χ1) is 10.0. The maximum Gasteiger partial charge on any atom is 0.293 e. The van der Waals surface area contributed by atoms with E-state index in [1.54, 1.807) is 17.9 Å². The van der Waals surface area contributed by atoms with E-state index in [1.165, 1.54) is 0 Å². The second-order valence-electron chi connectivity index (χ2n) is 4.76. The van der Waals surface area contributed by atoms with Crippen LogP contribution in [0.2, 0.25) is 0 Å². The number of benzene rings is 1. The summed E-state index contributed by atoms with van der Waals surface area (Å²) >= 11 is 0. The number of anilines is 3. The van der Waals surface area contributed by atoms with Crippen LogP contribution in [0.5, 0.6) is 0 Å². The standard InChI is InChI=1S/C13H14N6O2/c1-7(20)19-5-4-8-6-9(2-3-10(8)19)15-12(21)11-16-13(14)18-17-11/h2-3,6H,4-5H2,1H3,(H,15,21)(H3,14,16,17,18). The van der Waals surface area contributed by atoms with Crippen molar-refractivity contribution in [2.24, 2.45) is 0 Å². The van der Waals surface area contributed by atoms with Crippen LogP contribution in [0.15, 0.2) is 18.2 Å². The smallest absolute Gasteiger partial charge is 0.293 e. The second kappa shape index (κ2) is 4.89. The molecule has 0 aliphatic carbocycles. The minimum atomic E-state index is -0.416. The third-order valence-electron chi connectivity index (χ3n) is 3.33. The predicted octanol–water partition coefficient (Wildman–Crippen LogP) is 0.548. The van der Waals surface area contributed by atoms with Gasteiger partial charge in [-0.1, -0.05) is 0 Å². The maximum absolute atomic E-state index is 11.9. The lowest BCUT2D eigenvalue weighted by Gasteiger charge is -2.14. The predicted molar refractivity (Wildman–Crippen MR) is 76.9 cm³/mol. The summed E-state index contributed by atoms with van der Waals surface area (Å²) < 4.78 is 0. The van der Waals surface area contributed by atoms with Crippen molar-refractivity contribution in [1.82, 2.24) is 15.2 Å². The number of nitrogens with one attached hydrogen (secondary N) is 2. The molecule has 0 bridgehead atoms.